The zero-order valence-corrected chi connectivity index (χ0v) is 25.2. The zero-order chi connectivity index (χ0) is 29.7. The molecule has 0 N–H and O–H groups in total. The molecule has 1 rings (SSSR count). The first-order chi connectivity index (χ1) is 20.1. The molecule has 13 heteroatoms. The molecule has 0 saturated carbocycles. The van der Waals surface area contributed by atoms with Crippen LogP contribution < -0.4 is 0 Å². The van der Waals surface area contributed by atoms with Crippen molar-refractivity contribution in [3.05, 3.63) is 30.3 Å². The molecule has 0 aliphatic heterocycles. The lowest BCUT2D eigenvalue weighted by atomic mass is 10.2. The molecule has 0 aromatic heterocycles. The Balaban J connectivity index is 1.71. The van der Waals surface area contributed by atoms with Crippen molar-refractivity contribution in [3.63, 3.8) is 0 Å². The van der Waals surface area contributed by atoms with Crippen LogP contribution in [0.15, 0.2) is 35.2 Å². The molecular formula is C28H48O12S. The summed E-state index contributed by atoms with van der Waals surface area (Å²) in [4.78, 5) is 11.6. The molecule has 0 heterocycles. The van der Waals surface area contributed by atoms with Crippen molar-refractivity contribution >= 4 is 16.1 Å². The summed E-state index contributed by atoms with van der Waals surface area (Å²) >= 11 is 0. The average Bonchev–Trinajstić information content (AvgIpc) is 2.97. The Morgan fingerprint density at radius 2 is 0.951 bits per heavy atom. The SMILES string of the molecule is CCCCCC(=O)OCCOCCOCCOCCOCCOCCOCCOCCOS(=O)(=O)c1ccccc1. The van der Waals surface area contributed by atoms with Crippen molar-refractivity contribution in [1.82, 2.24) is 0 Å². The first-order valence-corrected chi connectivity index (χ1v) is 15.6. The van der Waals surface area contributed by atoms with Crippen LogP contribution in [0.4, 0.5) is 0 Å². The second-order valence-corrected chi connectivity index (χ2v) is 10.2. The number of carbonyl (C=O) groups excluding carboxylic acids is 1. The zero-order valence-electron chi connectivity index (χ0n) is 24.3. The third kappa shape index (κ3) is 23.6. The van der Waals surface area contributed by atoms with Gasteiger partial charge < -0.3 is 37.9 Å². The molecule has 41 heavy (non-hydrogen) atoms. The van der Waals surface area contributed by atoms with Gasteiger partial charge in [0.25, 0.3) is 10.1 Å². The molecule has 1 aromatic carbocycles. The molecular weight excluding hydrogens is 560 g/mol. The highest BCUT2D eigenvalue weighted by Gasteiger charge is 2.13. The van der Waals surface area contributed by atoms with Gasteiger partial charge in [-0.2, -0.15) is 8.42 Å². The van der Waals surface area contributed by atoms with Crippen molar-refractivity contribution in [3.8, 4) is 0 Å². The Hall–Kier alpha value is -1.68. The molecule has 0 bridgehead atoms. The molecule has 0 spiro atoms. The molecule has 12 nitrogen and oxygen atoms in total. The molecule has 1 aromatic rings. The molecule has 0 aliphatic carbocycles. The van der Waals surface area contributed by atoms with Crippen LogP contribution in [0.25, 0.3) is 0 Å². The van der Waals surface area contributed by atoms with Crippen molar-refractivity contribution in [2.45, 2.75) is 37.5 Å². The predicted octanol–water partition coefficient (Wildman–Crippen LogP) is 2.63. The minimum absolute atomic E-state index is 0.0595. The smallest absolute Gasteiger partial charge is 0.305 e. The Bertz CT molecular complexity index is 823. The largest absolute Gasteiger partial charge is 0.463 e. The van der Waals surface area contributed by atoms with E-state index in [1.54, 1.807) is 18.2 Å². The molecule has 0 aliphatic rings. The van der Waals surface area contributed by atoms with Gasteiger partial charge in [0, 0.05) is 6.42 Å². The lowest BCUT2D eigenvalue weighted by Crippen LogP contribution is -2.15. The van der Waals surface area contributed by atoms with E-state index in [0.29, 0.717) is 92.3 Å². The number of carbonyl (C=O) groups is 1. The lowest BCUT2D eigenvalue weighted by molar-refractivity contribution is -0.145. The molecule has 0 unspecified atom stereocenters. The van der Waals surface area contributed by atoms with Crippen molar-refractivity contribution in [2.24, 2.45) is 0 Å². The number of benzene rings is 1. The fourth-order valence-corrected chi connectivity index (χ4v) is 4.00. The molecule has 238 valence electrons. The molecule has 0 radical (unpaired) electrons. The van der Waals surface area contributed by atoms with Crippen LogP contribution >= 0.6 is 0 Å². The second kappa shape index (κ2) is 27.2. The highest BCUT2D eigenvalue weighted by Crippen LogP contribution is 2.10. The van der Waals surface area contributed by atoms with Crippen LogP contribution in [0, 0.1) is 0 Å². The summed E-state index contributed by atoms with van der Waals surface area (Å²) in [7, 11) is -3.76. The fraction of sp³-hybridized carbons (Fsp3) is 0.750. The van der Waals surface area contributed by atoms with Gasteiger partial charge >= 0.3 is 5.97 Å². The van der Waals surface area contributed by atoms with Gasteiger partial charge in [-0.3, -0.25) is 8.98 Å². The molecule has 0 atom stereocenters. The van der Waals surface area contributed by atoms with E-state index < -0.39 is 10.1 Å². The van der Waals surface area contributed by atoms with Gasteiger partial charge in [-0.15, -0.1) is 0 Å². The van der Waals surface area contributed by atoms with Crippen molar-refractivity contribution < 1.29 is 55.3 Å². The summed E-state index contributed by atoms with van der Waals surface area (Å²) in [6.07, 6.45) is 3.46. The average molecular weight is 609 g/mol. The number of hydrogen-bond donors (Lipinski definition) is 0. The van der Waals surface area contributed by atoms with Gasteiger partial charge in [-0.25, -0.2) is 0 Å². The maximum Gasteiger partial charge on any atom is 0.305 e. The molecule has 0 amide bonds. The normalized spacial score (nSPS) is 11.6. The van der Waals surface area contributed by atoms with E-state index in [0.717, 1.165) is 19.3 Å². The van der Waals surface area contributed by atoms with E-state index in [2.05, 4.69) is 6.92 Å². The van der Waals surface area contributed by atoms with Crippen LogP contribution in [0.1, 0.15) is 32.6 Å². The van der Waals surface area contributed by atoms with E-state index in [9.17, 15) is 13.2 Å². The Morgan fingerprint density at radius 3 is 1.37 bits per heavy atom. The van der Waals surface area contributed by atoms with Gasteiger partial charge in [0.2, 0.25) is 0 Å². The lowest BCUT2D eigenvalue weighted by Gasteiger charge is -2.09. The van der Waals surface area contributed by atoms with Gasteiger partial charge in [0.05, 0.1) is 104 Å². The van der Waals surface area contributed by atoms with Gasteiger partial charge in [-0.1, -0.05) is 38.0 Å². The summed E-state index contributed by atoms with van der Waals surface area (Å²) in [6, 6.07) is 7.97. The number of unbranched alkanes of at least 4 members (excludes halogenated alkanes) is 2. The minimum Gasteiger partial charge on any atom is -0.463 e. The Morgan fingerprint density at radius 1 is 0.561 bits per heavy atom. The van der Waals surface area contributed by atoms with Crippen molar-refractivity contribution in [1.29, 1.82) is 0 Å². The van der Waals surface area contributed by atoms with E-state index in [4.69, 9.17) is 42.1 Å². The van der Waals surface area contributed by atoms with E-state index in [-0.39, 0.29) is 30.7 Å². The van der Waals surface area contributed by atoms with Crippen LogP contribution in [0.5, 0.6) is 0 Å². The number of esters is 1. The van der Waals surface area contributed by atoms with Crippen molar-refractivity contribution in [2.75, 3.05) is 106 Å². The number of ether oxygens (including phenoxy) is 8. The van der Waals surface area contributed by atoms with Crippen LogP contribution in [0.2, 0.25) is 0 Å². The standard InChI is InChI=1S/C28H48O12S/c1-2-3-5-10-28(29)39-25-23-37-21-19-35-17-15-33-13-11-32-12-14-34-16-18-36-20-22-38-24-26-40-41(30,31)27-8-6-4-7-9-27/h4,6-9H,2-3,5,10-26H2,1H3. The Labute approximate surface area is 244 Å². The van der Waals surface area contributed by atoms with Gasteiger partial charge in [0.15, 0.2) is 0 Å². The number of hydrogen-bond acceptors (Lipinski definition) is 12. The topological polar surface area (TPSA) is 134 Å². The van der Waals surface area contributed by atoms with E-state index in [1.807, 2.05) is 0 Å². The second-order valence-electron chi connectivity index (χ2n) is 8.55. The maximum atomic E-state index is 11.9. The highest BCUT2D eigenvalue weighted by atomic mass is 32.2. The summed E-state index contributed by atoms with van der Waals surface area (Å²) < 4.78 is 71.6. The monoisotopic (exact) mass is 608 g/mol. The van der Waals surface area contributed by atoms with Gasteiger partial charge in [0.1, 0.15) is 6.61 Å². The predicted molar refractivity (Wildman–Crippen MR) is 150 cm³/mol. The van der Waals surface area contributed by atoms with E-state index >= 15 is 0 Å². The molecule has 0 fully saturated rings. The fourth-order valence-electron chi connectivity index (χ4n) is 3.09. The first-order valence-electron chi connectivity index (χ1n) is 14.2. The summed E-state index contributed by atoms with van der Waals surface area (Å²) in [5.41, 5.74) is 0. The van der Waals surface area contributed by atoms with Crippen LogP contribution in [-0.2, 0) is 57.0 Å². The first kappa shape index (κ1) is 37.3. The van der Waals surface area contributed by atoms with Crippen LogP contribution in [-0.4, -0.2) is 120 Å². The third-order valence-electron chi connectivity index (χ3n) is 5.21. The highest BCUT2D eigenvalue weighted by molar-refractivity contribution is 7.86. The molecule has 0 saturated heterocycles. The minimum atomic E-state index is -3.76. The summed E-state index contributed by atoms with van der Waals surface area (Å²) in [6.45, 7) is 8.05. The third-order valence-corrected chi connectivity index (χ3v) is 6.53. The Kier molecular flexibility index (Phi) is 24.7. The van der Waals surface area contributed by atoms with Crippen LogP contribution in [0.3, 0.4) is 0 Å². The quantitative estimate of drug-likeness (QED) is 0.0722. The summed E-state index contributed by atoms with van der Waals surface area (Å²) in [5, 5.41) is 0. The van der Waals surface area contributed by atoms with Gasteiger partial charge in [-0.05, 0) is 18.6 Å². The maximum absolute atomic E-state index is 11.9. The number of rotatable bonds is 30. The van der Waals surface area contributed by atoms with E-state index in [1.165, 1.54) is 12.1 Å². The summed E-state index contributed by atoms with van der Waals surface area (Å²) in [5.74, 6) is -0.169.